The zero-order valence-corrected chi connectivity index (χ0v) is 10.4. The second-order valence-electron chi connectivity index (χ2n) is 4.07. The number of aryl methyl sites for hydroxylation is 1. The van der Waals surface area contributed by atoms with Gasteiger partial charge >= 0.3 is 0 Å². The summed E-state index contributed by atoms with van der Waals surface area (Å²) < 4.78 is 1.70. The van der Waals surface area contributed by atoms with Gasteiger partial charge in [0.2, 0.25) is 0 Å². The van der Waals surface area contributed by atoms with Crippen molar-refractivity contribution in [3.8, 4) is 0 Å². The Morgan fingerprint density at radius 1 is 1.35 bits per heavy atom. The van der Waals surface area contributed by atoms with Gasteiger partial charge in [0.25, 0.3) is 0 Å². The van der Waals surface area contributed by atoms with Crippen LogP contribution in [0.15, 0.2) is 30.5 Å². The minimum Gasteiger partial charge on any atom is -0.330 e. The van der Waals surface area contributed by atoms with Crippen molar-refractivity contribution < 1.29 is 0 Å². The molecule has 0 saturated heterocycles. The van der Waals surface area contributed by atoms with Gasteiger partial charge in [0, 0.05) is 30.6 Å². The molecule has 0 aliphatic heterocycles. The number of hydrogen-bond acceptors (Lipinski definition) is 3. The average molecular weight is 251 g/mol. The van der Waals surface area contributed by atoms with E-state index in [0.29, 0.717) is 6.54 Å². The van der Waals surface area contributed by atoms with Crippen LogP contribution in [0.1, 0.15) is 17.2 Å². The molecule has 0 aliphatic rings. The number of nitrogens with zero attached hydrogens (tertiary/aromatic N) is 3. The van der Waals surface area contributed by atoms with Crippen LogP contribution in [0.5, 0.6) is 0 Å². The Morgan fingerprint density at radius 3 is 2.59 bits per heavy atom. The molecule has 90 valence electrons. The lowest BCUT2D eigenvalue weighted by Crippen LogP contribution is -2.15. The quantitative estimate of drug-likeness (QED) is 0.900. The Labute approximate surface area is 105 Å². The van der Waals surface area contributed by atoms with Crippen molar-refractivity contribution in [3.05, 3.63) is 46.7 Å². The molecule has 2 rings (SSSR count). The zero-order valence-electron chi connectivity index (χ0n) is 9.68. The van der Waals surface area contributed by atoms with Crippen LogP contribution in [0.3, 0.4) is 0 Å². The summed E-state index contributed by atoms with van der Waals surface area (Å²) in [4.78, 5) is 0. The van der Waals surface area contributed by atoms with Crippen molar-refractivity contribution in [2.45, 2.75) is 12.3 Å². The Balaban J connectivity index is 2.13. The fourth-order valence-electron chi connectivity index (χ4n) is 1.81. The van der Waals surface area contributed by atoms with Gasteiger partial charge in [-0.3, -0.25) is 4.68 Å². The van der Waals surface area contributed by atoms with E-state index in [1.165, 1.54) is 5.56 Å². The van der Waals surface area contributed by atoms with E-state index in [4.69, 9.17) is 17.3 Å². The summed E-state index contributed by atoms with van der Waals surface area (Å²) in [6.07, 6.45) is 2.71. The Bertz CT molecular complexity index is 478. The highest BCUT2D eigenvalue weighted by molar-refractivity contribution is 6.30. The summed E-state index contributed by atoms with van der Waals surface area (Å²) in [6, 6.07) is 7.79. The number of rotatable bonds is 4. The number of benzene rings is 1. The molecule has 2 aromatic rings. The van der Waals surface area contributed by atoms with Gasteiger partial charge in [-0.15, -0.1) is 5.10 Å². The van der Waals surface area contributed by atoms with Crippen molar-refractivity contribution in [1.82, 2.24) is 15.0 Å². The summed E-state index contributed by atoms with van der Waals surface area (Å²) in [5.74, 6) is 0.254. The van der Waals surface area contributed by atoms with Gasteiger partial charge in [-0.1, -0.05) is 28.9 Å². The van der Waals surface area contributed by atoms with Crippen molar-refractivity contribution in [3.63, 3.8) is 0 Å². The zero-order chi connectivity index (χ0) is 12.3. The van der Waals surface area contributed by atoms with E-state index in [2.05, 4.69) is 10.3 Å². The van der Waals surface area contributed by atoms with Crippen LogP contribution < -0.4 is 5.73 Å². The fourth-order valence-corrected chi connectivity index (χ4v) is 1.94. The molecule has 2 N–H and O–H groups in total. The van der Waals surface area contributed by atoms with Crippen LogP contribution in [-0.4, -0.2) is 21.5 Å². The highest BCUT2D eigenvalue weighted by Crippen LogP contribution is 2.20. The van der Waals surface area contributed by atoms with Gasteiger partial charge in [0.1, 0.15) is 0 Å². The first-order valence-corrected chi connectivity index (χ1v) is 5.87. The van der Waals surface area contributed by atoms with Crippen molar-refractivity contribution in [2.75, 3.05) is 6.54 Å². The number of hydrogen-bond donors (Lipinski definition) is 1. The molecular formula is C12H15ClN4. The Kier molecular flexibility index (Phi) is 3.76. The third kappa shape index (κ3) is 3.05. The van der Waals surface area contributed by atoms with E-state index in [1.807, 2.05) is 37.5 Å². The summed E-state index contributed by atoms with van der Waals surface area (Å²) in [5.41, 5.74) is 7.95. The summed E-state index contributed by atoms with van der Waals surface area (Å²) in [5, 5.41) is 8.73. The maximum absolute atomic E-state index is 5.87. The molecule has 17 heavy (non-hydrogen) atoms. The normalized spacial score (nSPS) is 12.6. The predicted molar refractivity (Wildman–Crippen MR) is 68.0 cm³/mol. The molecule has 1 atom stereocenters. The van der Waals surface area contributed by atoms with Gasteiger partial charge in [-0.25, -0.2) is 0 Å². The Morgan fingerprint density at radius 2 is 2.06 bits per heavy atom. The van der Waals surface area contributed by atoms with Crippen LogP contribution in [-0.2, 0) is 13.5 Å². The lowest BCUT2D eigenvalue weighted by molar-refractivity contribution is 0.676. The molecule has 0 fully saturated rings. The monoisotopic (exact) mass is 250 g/mol. The third-order valence-electron chi connectivity index (χ3n) is 2.73. The fraction of sp³-hybridized carbons (Fsp3) is 0.333. The van der Waals surface area contributed by atoms with Gasteiger partial charge in [-0.05, 0) is 24.2 Å². The van der Waals surface area contributed by atoms with Gasteiger partial charge in [0.15, 0.2) is 0 Å². The largest absolute Gasteiger partial charge is 0.330 e. The maximum Gasteiger partial charge on any atom is 0.0833 e. The molecule has 1 aromatic heterocycles. The van der Waals surface area contributed by atoms with Crippen LogP contribution in [0.4, 0.5) is 0 Å². The lowest BCUT2D eigenvalue weighted by atomic mass is 9.95. The molecule has 4 nitrogen and oxygen atoms in total. The number of nitrogens with two attached hydrogens (primary N) is 1. The molecule has 0 bridgehead atoms. The first-order chi connectivity index (χ1) is 8.19. The second-order valence-corrected chi connectivity index (χ2v) is 4.51. The van der Waals surface area contributed by atoms with E-state index in [9.17, 15) is 0 Å². The van der Waals surface area contributed by atoms with Crippen molar-refractivity contribution >= 4 is 11.6 Å². The minimum atomic E-state index is 0.254. The smallest absolute Gasteiger partial charge is 0.0833 e. The van der Waals surface area contributed by atoms with Crippen molar-refractivity contribution in [2.24, 2.45) is 12.8 Å². The molecule has 1 aromatic carbocycles. The number of aromatic nitrogens is 3. The third-order valence-corrected chi connectivity index (χ3v) is 2.98. The van der Waals surface area contributed by atoms with E-state index in [-0.39, 0.29) is 5.92 Å². The molecule has 0 amide bonds. The molecule has 1 heterocycles. The van der Waals surface area contributed by atoms with Crippen LogP contribution in [0.2, 0.25) is 5.02 Å². The summed E-state index contributed by atoms with van der Waals surface area (Å²) >= 11 is 5.87. The molecule has 0 saturated carbocycles. The van der Waals surface area contributed by atoms with E-state index < -0.39 is 0 Å². The predicted octanol–water partition coefficient (Wildman–Crippen LogP) is 1.75. The Hall–Kier alpha value is -1.39. The molecular weight excluding hydrogens is 236 g/mol. The summed E-state index contributed by atoms with van der Waals surface area (Å²) in [7, 11) is 1.86. The van der Waals surface area contributed by atoms with Gasteiger partial charge in [-0.2, -0.15) is 0 Å². The molecule has 5 heteroatoms. The highest BCUT2D eigenvalue weighted by Gasteiger charge is 2.12. The topological polar surface area (TPSA) is 56.7 Å². The second kappa shape index (κ2) is 5.29. The number of halogens is 1. The van der Waals surface area contributed by atoms with Crippen LogP contribution in [0.25, 0.3) is 0 Å². The van der Waals surface area contributed by atoms with E-state index in [0.717, 1.165) is 17.1 Å². The molecule has 0 spiro atoms. The minimum absolute atomic E-state index is 0.254. The summed E-state index contributed by atoms with van der Waals surface area (Å²) in [6.45, 7) is 0.582. The van der Waals surface area contributed by atoms with E-state index >= 15 is 0 Å². The standard InChI is InChI=1S/C12H15ClN4/c1-17-8-12(15-16-17)6-10(7-14)9-2-4-11(13)5-3-9/h2-5,8,10H,6-7,14H2,1H3. The average Bonchev–Trinajstić information content (AvgIpc) is 2.73. The molecule has 1 unspecified atom stereocenters. The molecule has 0 radical (unpaired) electrons. The van der Waals surface area contributed by atoms with Gasteiger partial charge < -0.3 is 5.73 Å². The van der Waals surface area contributed by atoms with Crippen molar-refractivity contribution in [1.29, 1.82) is 0 Å². The SMILES string of the molecule is Cn1cc(CC(CN)c2ccc(Cl)cc2)nn1. The highest BCUT2D eigenvalue weighted by atomic mass is 35.5. The van der Waals surface area contributed by atoms with E-state index in [1.54, 1.807) is 4.68 Å². The lowest BCUT2D eigenvalue weighted by Gasteiger charge is -2.13. The van der Waals surface area contributed by atoms with Crippen LogP contribution in [0, 0.1) is 0 Å². The maximum atomic E-state index is 5.87. The van der Waals surface area contributed by atoms with Gasteiger partial charge in [0.05, 0.1) is 5.69 Å². The first kappa shape index (κ1) is 12.1. The molecule has 0 aliphatic carbocycles. The first-order valence-electron chi connectivity index (χ1n) is 5.50. The van der Waals surface area contributed by atoms with Crippen LogP contribution >= 0.6 is 11.6 Å².